The lowest BCUT2D eigenvalue weighted by atomic mass is 9.97. The lowest BCUT2D eigenvalue weighted by Crippen LogP contribution is -2.39. The first-order chi connectivity index (χ1) is 9.74. The monoisotopic (exact) mass is 276 g/mol. The number of nitrogens with zero attached hydrogens (tertiary/aromatic N) is 3. The molecule has 112 valence electrons. The summed E-state index contributed by atoms with van der Waals surface area (Å²) in [6, 6.07) is 1.49. The molecule has 20 heavy (non-hydrogen) atoms. The van der Waals surface area contributed by atoms with Crippen molar-refractivity contribution in [2.75, 3.05) is 19.6 Å². The minimum Gasteiger partial charge on any atom is -0.330 e. The highest BCUT2D eigenvalue weighted by Crippen LogP contribution is 2.33. The number of piperidine rings is 1. The lowest BCUT2D eigenvalue weighted by molar-refractivity contribution is 0.154. The average molecular weight is 276 g/mol. The van der Waals surface area contributed by atoms with Crippen LogP contribution in [0.1, 0.15) is 51.3 Å². The molecule has 0 radical (unpaired) electrons. The predicted molar refractivity (Wildman–Crippen MR) is 81.6 cm³/mol. The summed E-state index contributed by atoms with van der Waals surface area (Å²) in [5.74, 6) is 0.702. The molecular formula is C16H28N4. The smallest absolute Gasteiger partial charge is 0.0951 e. The van der Waals surface area contributed by atoms with Crippen molar-refractivity contribution in [3.05, 3.63) is 18.2 Å². The van der Waals surface area contributed by atoms with Crippen LogP contribution in [0.4, 0.5) is 0 Å². The van der Waals surface area contributed by atoms with Crippen molar-refractivity contribution in [2.24, 2.45) is 5.92 Å². The van der Waals surface area contributed by atoms with Gasteiger partial charge < -0.3 is 14.8 Å². The van der Waals surface area contributed by atoms with Crippen LogP contribution in [0.3, 0.4) is 0 Å². The number of nitrogens with one attached hydrogen (secondary N) is 1. The van der Waals surface area contributed by atoms with E-state index >= 15 is 0 Å². The van der Waals surface area contributed by atoms with Crippen LogP contribution in [-0.4, -0.2) is 40.1 Å². The first kappa shape index (κ1) is 14.1. The van der Waals surface area contributed by atoms with Gasteiger partial charge in [-0.15, -0.1) is 0 Å². The van der Waals surface area contributed by atoms with E-state index in [0.29, 0.717) is 12.0 Å². The van der Waals surface area contributed by atoms with E-state index in [1.807, 2.05) is 12.5 Å². The Balaban J connectivity index is 1.61. The Bertz CT molecular complexity index is 426. The third-order valence-corrected chi connectivity index (χ3v) is 4.79. The number of hydrogen-bond acceptors (Lipinski definition) is 3. The van der Waals surface area contributed by atoms with E-state index in [0.717, 1.165) is 19.1 Å². The Hall–Kier alpha value is -0.870. The van der Waals surface area contributed by atoms with Crippen LogP contribution in [0.5, 0.6) is 0 Å². The van der Waals surface area contributed by atoms with Gasteiger partial charge in [-0.2, -0.15) is 0 Å². The summed E-state index contributed by atoms with van der Waals surface area (Å²) in [4.78, 5) is 7.07. The molecule has 2 unspecified atom stereocenters. The Morgan fingerprint density at radius 3 is 3.05 bits per heavy atom. The first-order valence-corrected chi connectivity index (χ1v) is 8.19. The normalized spacial score (nSPS) is 27.1. The van der Waals surface area contributed by atoms with E-state index in [2.05, 4.69) is 33.6 Å². The molecule has 3 heterocycles. The second-order valence-electron chi connectivity index (χ2n) is 6.83. The lowest BCUT2D eigenvalue weighted by Gasteiger charge is -2.36. The molecule has 2 atom stereocenters. The highest BCUT2D eigenvalue weighted by Gasteiger charge is 2.32. The molecule has 2 fully saturated rings. The maximum Gasteiger partial charge on any atom is 0.0951 e. The molecule has 4 nitrogen and oxygen atoms in total. The molecule has 3 rings (SSSR count). The summed E-state index contributed by atoms with van der Waals surface area (Å²) in [7, 11) is 0. The zero-order chi connectivity index (χ0) is 13.9. The van der Waals surface area contributed by atoms with Crippen molar-refractivity contribution in [1.82, 2.24) is 19.8 Å². The minimum absolute atomic E-state index is 0.660. The van der Waals surface area contributed by atoms with Gasteiger partial charge in [-0.25, -0.2) is 4.98 Å². The van der Waals surface area contributed by atoms with Crippen molar-refractivity contribution < 1.29 is 0 Å². The number of rotatable bonds is 5. The van der Waals surface area contributed by atoms with Gasteiger partial charge >= 0.3 is 0 Å². The molecule has 2 saturated heterocycles. The van der Waals surface area contributed by atoms with Crippen molar-refractivity contribution in [2.45, 2.75) is 58.2 Å². The topological polar surface area (TPSA) is 33.1 Å². The first-order valence-electron chi connectivity index (χ1n) is 8.19. The minimum atomic E-state index is 0.660. The summed E-state index contributed by atoms with van der Waals surface area (Å²) in [6.07, 6.45) is 9.46. The second kappa shape index (κ2) is 6.27. The standard InChI is InChI=1S/C16H28N4/c1-13(2)9-17-10-16-11-18-12-20(16)15-5-7-19-6-3-4-14(19)8-15/h11-15,17H,3-10H2,1-2H3. The van der Waals surface area contributed by atoms with Crippen LogP contribution in [0.15, 0.2) is 12.5 Å². The van der Waals surface area contributed by atoms with Crippen LogP contribution in [0.2, 0.25) is 0 Å². The number of fused-ring (bicyclic) bond motifs is 1. The van der Waals surface area contributed by atoms with Gasteiger partial charge in [0.15, 0.2) is 0 Å². The molecule has 2 aliphatic rings. The highest BCUT2D eigenvalue weighted by atomic mass is 15.2. The number of aromatic nitrogens is 2. The molecular weight excluding hydrogens is 248 g/mol. The second-order valence-corrected chi connectivity index (χ2v) is 6.83. The number of hydrogen-bond donors (Lipinski definition) is 1. The number of imidazole rings is 1. The van der Waals surface area contributed by atoms with Crippen LogP contribution >= 0.6 is 0 Å². The van der Waals surface area contributed by atoms with E-state index < -0.39 is 0 Å². The fraction of sp³-hybridized carbons (Fsp3) is 0.812. The molecule has 0 bridgehead atoms. The molecule has 0 aromatic carbocycles. The van der Waals surface area contributed by atoms with E-state index in [-0.39, 0.29) is 0 Å². The van der Waals surface area contributed by atoms with Gasteiger partial charge in [0.1, 0.15) is 0 Å². The predicted octanol–water partition coefficient (Wildman–Crippen LogP) is 2.43. The quantitative estimate of drug-likeness (QED) is 0.896. The summed E-state index contributed by atoms with van der Waals surface area (Å²) in [5.41, 5.74) is 1.35. The maximum atomic E-state index is 4.39. The van der Waals surface area contributed by atoms with Gasteiger partial charge in [0.05, 0.1) is 12.0 Å². The van der Waals surface area contributed by atoms with Gasteiger partial charge in [0, 0.05) is 31.4 Å². The largest absolute Gasteiger partial charge is 0.330 e. The van der Waals surface area contributed by atoms with Crippen molar-refractivity contribution in [3.63, 3.8) is 0 Å². The molecule has 0 spiro atoms. The molecule has 2 aliphatic heterocycles. The summed E-state index contributed by atoms with van der Waals surface area (Å²) in [6.45, 7) is 9.12. The molecule has 1 aromatic rings. The van der Waals surface area contributed by atoms with Crippen molar-refractivity contribution in [3.8, 4) is 0 Å². The SMILES string of the molecule is CC(C)CNCc1cncn1C1CCN2CCCC2C1. The van der Waals surface area contributed by atoms with Crippen LogP contribution < -0.4 is 5.32 Å². The van der Waals surface area contributed by atoms with E-state index in [1.54, 1.807) is 0 Å². The third-order valence-electron chi connectivity index (χ3n) is 4.79. The molecule has 1 N–H and O–H groups in total. The van der Waals surface area contributed by atoms with Gasteiger partial charge in [-0.1, -0.05) is 13.8 Å². The zero-order valence-corrected chi connectivity index (χ0v) is 12.9. The fourth-order valence-electron chi connectivity index (χ4n) is 3.74. The fourth-order valence-corrected chi connectivity index (χ4v) is 3.74. The average Bonchev–Trinajstić information content (AvgIpc) is 3.05. The molecule has 1 aromatic heterocycles. The van der Waals surface area contributed by atoms with Crippen molar-refractivity contribution >= 4 is 0 Å². The maximum absolute atomic E-state index is 4.39. The van der Waals surface area contributed by atoms with Gasteiger partial charge in [0.2, 0.25) is 0 Å². The van der Waals surface area contributed by atoms with Crippen LogP contribution in [-0.2, 0) is 6.54 Å². The summed E-state index contributed by atoms with van der Waals surface area (Å²) in [5, 5.41) is 3.54. The van der Waals surface area contributed by atoms with Crippen LogP contribution in [0, 0.1) is 5.92 Å². The zero-order valence-electron chi connectivity index (χ0n) is 12.9. The van der Waals surface area contributed by atoms with Gasteiger partial charge in [-0.05, 0) is 44.7 Å². The molecule has 0 aliphatic carbocycles. The van der Waals surface area contributed by atoms with Gasteiger partial charge in [0.25, 0.3) is 0 Å². The van der Waals surface area contributed by atoms with Gasteiger partial charge in [-0.3, -0.25) is 0 Å². The Morgan fingerprint density at radius 1 is 1.30 bits per heavy atom. The highest BCUT2D eigenvalue weighted by molar-refractivity contribution is 5.02. The van der Waals surface area contributed by atoms with Crippen LogP contribution in [0.25, 0.3) is 0 Å². The summed E-state index contributed by atoms with van der Waals surface area (Å²) >= 11 is 0. The van der Waals surface area contributed by atoms with E-state index in [1.165, 1.54) is 44.5 Å². The Kier molecular flexibility index (Phi) is 4.41. The van der Waals surface area contributed by atoms with Crippen molar-refractivity contribution in [1.29, 1.82) is 0 Å². The molecule has 0 amide bonds. The van der Waals surface area contributed by atoms with E-state index in [4.69, 9.17) is 0 Å². The Labute approximate surface area is 122 Å². The molecule has 0 saturated carbocycles. The third kappa shape index (κ3) is 3.07. The Morgan fingerprint density at radius 2 is 2.20 bits per heavy atom. The summed E-state index contributed by atoms with van der Waals surface area (Å²) < 4.78 is 2.43. The van der Waals surface area contributed by atoms with E-state index in [9.17, 15) is 0 Å². The molecule has 4 heteroatoms.